The Balaban J connectivity index is 2.04. The quantitative estimate of drug-likeness (QED) is 0.750. The van der Waals surface area contributed by atoms with Gasteiger partial charge in [0, 0.05) is 18.2 Å². The van der Waals surface area contributed by atoms with Crippen molar-refractivity contribution in [2.75, 3.05) is 0 Å². The summed E-state index contributed by atoms with van der Waals surface area (Å²) in [6.07, 6.45) is 6.79. The first kappa shape index (κ1) is 12.9. The van der Waals surface area contributed by atoms with Gasteiger partial charge >= 0.3 is 0 Å². The van der Waals surface area contributed by atoms with Crippen molar-refractivity contribution in [2.24, 2.45) is 0 Å². The summed E-state index contributed by atoms with van der Waals surface area (Å²) in [4.78, 5) is 14.2. The highest BCUT2D eigenvalue weighted by molar-refractivity contribution is 5.91. The van der Waals surface area contributed by atoms with Gasteiger partial charge in [0.15, 0.2) is 0 Å². The number of amides is 1. The van der Waals surface area contributed by atoms with Crippen LogP contribution >= 0.6 is 0 Å². The number of carbonyl (C=O) groups excluding carboxylic acids is 1. The maximum atomic E-state index is 12.2. The molecule has 0 aromatic carbocycles. The molecule has 3 nitrogen and oxygen atoms in total. The maximum Gasteiger partial charge on any atom is 0.247 e. The van der Waals surface area contributed by atoms with E-state index in [2.05, 4.69) is 13.8 Å². The summed E-state index contributed by atoms with van der Waals surface area (Å²) >= 11 is 0. The van der Waals surface area contributed by atoms with Crippen LogP contribution in [0.4, 0.5) is 0 Å². The lowest BCUT2D eigenvalue weighted by Gasteiger charge is -2.38. The van der Waals surface area contributed by atoms with Gasteiger partial charge in [-0.05, 0) is 58.2 Å². The van der Waals surface area contributed by atoms with Crippen molar-refractivity contribution < 1.29 is 9.21 Å². The fourth-order valence-corrected chi connectivity index (χ4v) is 2.64. The van der Waals surface area contributed by atoms with E-state index < -0.39 is 0 Å². The number of likely N-dealkylation sites (tertiary alicyclic amines) is 1. The van der Waals surface area contributed by atoms with Crippen molar-refractivity contribution in [3.8, 4) is 0 Å². The smallest absolute Gasteiger partial charge is 0.247 e. The molecule has 0 aliphatic carbocycles. The van der Waals surface area contributed by atoms with Gasteiger partial charge in [0.05, 0.1) is 0 Å². The van der Waals surface area contributed by atoms with Gasteiger partial charge < -0.3 is 9.32 Å². The van der Waals surface area contributed by atoms with Crippen LogP contribution in [0.25, 0.3) is 6.08 Å². The van der Waals surface area contributed by atoms with Gasteiger partial charge in [0.2, 0.25) is 5.91 Å². The molecule has 2 heterocycles. The first-order chi connectivity index (χ1) is 8.58. The second kappa shape index (κ2) is 5.42. The maximum absolute atomic E-state index is 12.2. The molecule has 1 amide bonds. The van der Waals surface area contributed by atoms with E-state index in [4.69, 9.17) is 4.42 Å². The van der Waals surface area contributed by atoms with Crippen LogP contribution in [0.15, 0.2) is 22.6 Å². The molecule has 0 N–H and O–H groups in total. The van der Waals surface area contributed by atoms with Crippen molar-refractivity contribution in [2.45, 2.75) is 52.1 Å². The molecule has 0 radical (unpaired) electrons. The summed E-state index contributed by atoms with van der Waals surface area (Å²) in [5.74, 6) is 1.68. The third-order valence-electron chi connectivity index (χ3n) is 3.60. The number of piperidine rings is 1. The molecule has 0 spiro atoms. The lowest BCUT2D eigenvalue weighted by Crippen LogP contribution is -2.46. The molecule has 18 heavy (non-hydrogen) atoms. The van der Waals surface area contributed by atoms with E-state index in [0.29, 0.717) is 12.1 Å². The van der Waals surface area contributed by atoms with Gasteiger partial charge in [-0.2, -0.15) is 0 Å². The summed E-state index contributed by atoms with van der Waals surface area (Å²) < 4.78 is 5.42. The van der Waals surface area contributed by atoms with Gasteiger partial charge in [-0.3, -0.25) is 4.79 Å². The van der Waals surface area contributed by atoms with Crippen LogP contribution in [-0.4, -0.2) is 22.9 Å². The van der Waals surface area contributed by atoms with Crippen molar-refractivity contribution in [3.05, 3.63) is 29.7 Å². The molecule has 0 unspecified atom stereocenters. The summed E-state index contributed by atoms with van der Waals surface area (Å²) in [7, 11) is 0. The number of hydrogen-bond acceptors (Lipinski definition) is 2. The molecule has 0 bridgehead atoms. The molecular weight excluding hydrogens is 226 g/mol. The third-order valence-corrected chi connectivity index (χ3v) is 3.60. The van der Waals surface area contributed by atoms with E-state index >= 15 is 0 Å². The van der Waals surface area contributed by atoms with Gasteiger partial charge in [-0.25, -0.2) is 0 Å². The average Bonchev–Trinajstić information content (AvgIpc) is 2.72. The second-order valence-corrected chi connectivity index (χ2v) is 5.16. The number of aryl methyl sites for hydroxylation is 1. The molecule has 1 fully saturated rings. The van der Waals surface area contributed by atoms with E-state index in [1.807, 2.05) is 24.0 Å². The minimum absolute atomic E-state index is 0.0868. The monoisotopic (exact) mass is 247 g/mol. The second-order valence-electron chi connectivity index (χ2n) is 5.16. The van der Waals surface area contributed by atoms with E-state index in [0.717, 1.165) is 24.4 Å². The largest absolute Gasteiger partial charge is 0.462 e. The molecule has 2 rings (SSSR count). The Labute approximate surface area is 108 Å². The molecule has 1 aliphatic rings. The molecular formula is C15H21NO2. The first-order valence-electron chi connectivity index (χ1n) is 6.64. The number of hydrogen-bond donors (Lipinski definition) is 0. The van der Waals surface area contributed by atoms with Gasteiger partial charge in [0.25, 0.3) is 0 Å². The molecule has 1 aromatic heterocycles. The highest BCUT2D eigenvalue weighted by Crippen LogP contribution is 2.23. The van der Waals surface area contributed by atoms with Gasteiger partial charge in [-0.15, -0.1) is 0 Å². The zero-order chi connectivity index (χ0) is 13.1. The molecule has 2 atom stereocenters. The van der Waals surface area contributed by atoms with Crippen molar-refractivity contribution >= 4 is 12.0 Å². The van der Waals surface area contributed by atoms with Crippen LogP contribution in [-0.2, 0) is 4.79 Å². The third kappa shape index (κ3) is 2.84. The molecule has 0 saturated carbocycles. The SMILES string of the molecule is Cc1ccc(/C=C/C(=O)N2[C@H](C)CCC[C@H]2C)o1. The molecule has 1 aromatic rings. The lowest BCUT2D eigenvalue weighted by atomic mass is 9.97. The fraction of sp³-hybridized carbons (Fsp3) is 0.533. The van der Waals surface area contributed by atoms with Crippen LogP contribution in [0.3, 0.4) is 0 Å². The first-order valence-corrected chi connectivity index (χ1v) is 6.64. The van der Waals surface area contributed by atoms with Crippen LogP contribution in [0.5, 0.6) is 0 Å². The van der Waals surface area contributed by atoms with Crippen molar-refractivity contribution in [1.82, 2.24) is 4.90 Å². The normalized spacial score (nSPS) is 24.7. The van der Waals surface area contributed by atoms with E-state index in [1.165, 1.54) is 6.42 Å². The Bertz CT molecular complexity index is 437. The molecule has 1 aliphatic heterocycles. The summed E-state index contributed by atoms with van der Waals surface area (Å²) in [5, 5.41) is 0. The Morgan fingerprint density at radius 1 is 1.33 bits per heavy atom. The number of furan rings is 1. The zero-order valence-corrected chi connectivity index (χ0v) is 11.3. The minimum atomic E-state index is 0.0868. The molecule has 1 saturated heterocycles. The van der Waals surface area contributed by atoms with E-state index in [9.17, 15) is 4.79 Å². The van der Waals surface area contributed by atoms with Crippen LogP contribution < -0.4 is 0 Å². The molecule has 3 heteroatoms. The predicted octanol–water partition coefficient (Wildman–Crippen LogP) is 3.39. The van der Waals surface area contributed by atoms with Crippen molar-refractivity contribution in [1.29, 1.82) is 0 Å². The minimum Gasteiger partial charge on any atom is -0.462 e. The Kier molecular flexibility index (Phi) is 3.90. The molecule has 98 valence electrons. The van der Waals surface area contributed by atoms with Crippen LogP contribution in [0.1, 0.15) is 44.6 Å². The predicted molar refractivity (Wildman–Crippen MR) is 72.1 cm³/mol. The average molecular weight is 247 g/mol. The standard InChI is InChI=1S/C15H21NO2/c1-11-5-4-6-12(2)16(11)15(17)10-9-14-8-7-13(3)18-14/h7-12H,4-6H2,1-3H3/b10-9+/t11-,12-/m1/s1. The number of carbonyl (C=O) groups is 1. The van der Waals surface area contributed by atoms with Gasteiger partial charge in [0.1, 0.15) is 11.5 Å². The topological polar surface area (TPSA) is 33.5 Å². The zero-order valence-electron chi connectivity index (χ0n) is 11.3. The van der Waals surface area contributed by atoms with E-state index in [1.54, 1.807) is 12.2 Å². The van der Waals surface area contributed by atoms with E-state index in [-0.39, 0.29) is 5.91 Å². The highest BCUT2D eigenvalue weighted by Gasteiger charge is 2.27. The number of nitrogens with zero attached hydrogens (tertiary/aromatic N) is 1. The van der Waals surface area contributed by atoms with Gasteiger partial charge in [-0.1, -0.05) is 0 Å². The highest BCUT2D eigenvalue weighted by atomic mass is 16.3. The number of rotatable bonds is 2. The lowest BCUT2D eigenvalue weighted by molar-refractivity contribution is -0.131. The van der Waals surface area contributed by atoms with Crippen molar-refractivity contribution in [3.63, 3.8) is 0 Å². The summed E-state index contributed by atoms with van der Waals surface area (Å²) in [6.45, 7) is 6.14. The fourth-order valence-electron chi connectivity index (χ4n) is 2.64. The summed E-state index contributed by atoms with van der Waals surface area (Å²) in [5.41, 5.74) is 0. The Morgan fingerprint density at radius 2 is 2.00 bits per heavy atom. The Morgan fingerprint density at radius 3 is 2.56 bits per heavy atom. The van der Waals surface area contributed by atoms with Crippen LogP contribution in [0.2, 0.25) is 0 Å². The summed E-state index contributed by atoms with van der Waals surface area (Å²) in [6, 6.07) is 4.45. The Hall–Kier alpha value is -1.51. The van der Waals surface area contributed by atoms with Crippen LogP contribution in [0, 0.1) is 6.92 Å².